The van der Waals surface area contributed by atoms with Gasteiger partial charge in [-0.2, -0.15) is 4.99 Å². The molecule has 4 rings (SSSR count). The highest BCUT2D eigenvalue weighted by Gasteiger charge is 2.44. The number of hydrogen-bond donors (Lipinski definition) is 2. The summed E-state index contributed by atoms with van der Waals surface area (Å²) in [6, 6.07) is 5.26. The van der Waals surface area contributed by atoms with Crippen LogP contribution < -0.4 is 16.4 Å². The SMILES string of the molecule is CC(C)CN1C(=O)c2ccc(N3C(N)=NC(N)=NC34CCCCC4)cc2C1=O. The minimum atomic E-state index is -0.578. The molecule has 1 fully saturated rings. The van der Waals surface area contributed by atoms with Gasteiger partial charge in [0.05, 0.1) is 11.1 Å². The highest BCUT2D eigenvalue weighted by Crippen LogP contribution is 2.40. The number of aliphatic imine (C=N–C) groups is 2. The maximum atomic E-state index is 12.9. The Balaban J connectivity index is 1.75. The van der Waals surface area contributed by atoms with Crippen molar-refractivity contribution in [1.29, 1.82) is 0 Å². The molecule has 8 nitrogen and oxygen atoms in total. The first-order valence-electron chi connectivity index (χ1n) is 9.82. The predicted molar refractivity (Wildman–Crippen MR) is 108 cm³/mol. The monoisotopic (exact) mass is 382 g/mol. The number of benzene rings is 1. The third-order valence-electron chi connectivity index (χ3n) is 5.61. The Morgan fingerprint density at radius 2 is 1.75 bits per heavy atom. The van der Waals surface area contributed by atoms with Gasteiger partial charge in [-0.15, -0.1) is 0 Å². The van der Waals surface area contributed by atoms with Gasteiger partial charge in [-0.1, -0.05) is 20.3 Å². The van der Waals surface area contributed by atoms with Crippen LogP contribution in [-0.4, -0.2) is 40.8 Å². The zero-order chi connectivity index (χ0) is 20.1. The number of carbonyl (C=O) groups excluding carboxylic acids is 2. The molecule has 2 aliphatic heterocycles. The molecule has 1 aromatic carbocycles. The number of nitrogens with zero attached hydrogens (tertiary/aromatic N) is 4. The van der Waals surface area contributed by atoms with E-state index in [4.69, 9.17) is 11.5 Å². The van der Waals surface area contributed by atoms with Gasteiger partial charge in [0.1, 0.15) is 5.66 Å². The van der Waals surface area contributed by atoms with Crippen molar-refractivity contribution in [2.75, 3.05) is 11.4 Å². The van der Waals surface area contributed by atoms with Gasteiger partial charge in [-0.05, 0) is 49.8 Å². The second-order valence-corrected chi connectivity index (χ2v) is 8.16. The molecule has 0 atom stereocenters. The van der Waals surface area contributed by atoms with Crippen LogP contribution in [0, 0.1) is 5.92 Å². The molecule has 148 valence electrons. The molecule has 1 spiro atoms. The summed E-state index contributed by atoms with van der Waals surface area (Å²) >= 11 is 0. The van der Waals surface area contributed by atoms with E-state index in [1.807, 2.05) is 24.8 Å². The van der Waals surface area contributed by atoms with E-state index in [0.717, 1.165) is 32.1 Å². The lowest BCUT2D eigenvalue weighted by Crippen LogP contribution is -2.58. The van der Waals surface area contributed by atoms with Crippen LogP contribution in [-0.2, 0) is 0 Å². The first-order chi connectivity index (χ1) is 13.3. The molecule has 0 saturated heterocycles. The summed E-state index contributed by atoms with van der Waals surface area (Å²) in [5, 5.41) is 0. The molecule has 2 amide bonds. The molecule has 1 saturated carbocycles. The molecular weight excluding hydrogens is 356 g/mol. The molecule has 0 radical (unpaired) electrons. The van der Waals surface area contributed by atoms with E-state index in [2.05, 4.69) is 9.98 Å². The van der Waals surface area contributed by atoms with Crippen LogP contribution in [0.4, 0.5) is 5.69 Å². The van der Waals surface area contributed by atoms with Crippen molar-refractivity contribution in [2.24, 2.45) is 27.4 Å². The molecule has 28 heavy (non-hydrogen) atoms. The van der Waals surface area contributed by atoms with Gasteiger partial charge in [0.15, 0.2) is 0 Å². The molecule has 8 heteroatoms. The topological polar surface area (TPSA) is 117 Å². The van der Waals surface area contributed by atoms with Gasteiger partial charge in [0.25, 0.3) is 11.8 Å². The number of anilines is 1. The standard InChI is InChI=1S/C20H26N6O2/c1-12(2)11-25-16(27)14-7-6-13(10-15(14)17(25)28)26-19(22)23-18(21)24-20(26)8-4-3-5-9-20/h6-7,10,12H,3-5,8-9,11H2,1-2H3,(H4,21,22,23,24). The summed E-state index contributed by atoms with van der Waals surface area (Å²) in [6.45, 7) is 4.37. The first kappa shape index (κ1) is 18.5. The van der Waals surface area contributed by atoms with Gasteiger partial charge in [-0.3, -0.25) is 19.4 Å². The minimum Gasteiger partial charge on any atom is -0.369 e. The van der Waals surface area contributed by atoms with Crippen molar-refractivity contribution < 1.29 is 9.59 Å². The highest BCUT2D eigenvalue weighted by molar-refractivity contribution is 6.22. The second kappa shape index (κ2) is 6.61. The fourth-order valence-corrected chi connectivity index (χ4v) is 4.44. The lowest BCUT2D eigenvalue weighted by molar-refractivity contribution is 0.0636. The highest BCUT2D eigenvalue weighted by atomic mass is 16.2. The van der Waals surface area contributed by atoms with Crippen molar-refractivity contribution in [2.45, 2.75) is 51.6 Å². The maximum absolute atomic E-state index is 12.9. The van der Waals surface area contributed by atoms with E-state index in [-0.39, 0.29) is 29.7 Å². The lowest BCUT2D eigenvalue weighted by Gasteiger charge is -2.45. The second-order valence-electron chi connectivity index (χ2n) is 8.16. The smallest absolute Gasteiger partial charge is 0.261 e. The van der Waals surface area contributed by atoms with E-state index in [0.29, 0.717) is 23.4 Å². The van der Waals surface area contributed by atoms with Crippen molar-refractivity contribution in [3.63, 3.8) is 0 Å². The largest absolute Gasteiger partial charge is 0.369 e. The normalized spacial score (nSPS) is 21.2. The molecule has 2 heterocycles. The number of rotatable bonds is 3. The van der Waals surface area contributed by atoms with E-state index in [1.165, 1.54) is 4.90 Å². The number of imide groups is 1. The summed E-state index contributed by atoms with van der Waals surface area (Å²) < 4.78 is 0. The van der Waals surface area contributed by atoms with Crippen molar-refractivity contribution in [3.8, 4) is 0 Å². The lowest BCUT2D eigenvalue weighted by atomic mass is 9.87. The van der Waals surface area contributed by atoms with Crippen LogP contribution in [0.15, 0.2) is 28.2 Å². The van der Waals surface area contributed by atoms with Crippen LogP contribution >= 0.6 is 0 Å². The van der Waals surface area contributed by atoms with E-state index < -0.39 is 5.66 Å². The van der Waals surface area contributed by atoms with Gasteiger partial charge >= 0.3 is 0 Å². The summed E-state index contributed by atoms with van der Waals surface area (Å²) in [5.41, 5.74) is 13.2. The van der Waals surface area contributed by atoms with E-state index in [1.54, 1.807) is 12.1 Å². The first-order valence-corrected chi connectivity index (χ1v) is 9.82. The molecule has 4 N–H and O–H groups in total. The number of carbonyl (C=O) groups is 2. The summed E-state index contributed by atoms with van der Waals surface area (Å²) in [7, 11) is 0. The Hall–Kier alpha value is -2.90. The maximum Gasteiger partial charge on any atom is 0.261 e. The Morgan fingerprint density at radius 1 is 1.07 bits per heavy atom. The van der Waals surface area contributed by atoms with E-state index >= 15 is 0 Å². The predicted octanol–water partition coefficient (Wildman–Crippen LogP) is 2.05. The quantitative estimate of drug-likeness (QED) is 0.776. The number of nitrogens with two attached hydrogens (primary N) is 2. The third kappa shape index (κ3) is 2.83. The molecular formula is C20H26N6O2. The number of amides is 2. The van der Waals surface area contributed by atoms with Crippen LogP contribution in [0.25, 0.3) is 0 Å². The van der Waals surface area contributed by atoms with Crippen LogP contribution in [0.5, 0.6) is 0 Å². The third-order valence-corrected chi connectivity index (χ3v) is 5.61. The summed E-state index contributed by atoms with van der Waals surface area (Å²) in [5.74, 6) is 0.157. The molecule has 0 aromatic heterocycles. The summed E-state index contributed by atoms with van der Waals surface area (Å²) in [4.78, 5) is 37.5. The van der Waals surface area contributed by atoms with Crippen molar-refractivity contribution in [3.05, 3.63) is 29.3 Å². The fraction of sp³-hybridized carbons (Fsp3) is 0.500. The molecule has 1 aromatic rings. The molecule has 0 unspecified atom stereocenters. The Bertz CT molecular complexity index is 898. The molecule has 0 bridgehead atoms. The fourth-order valence-electron chi connectivity index (χ4n) is 4.44. The number of fused-ring (bicyclic) bond motifs is 1. The van der Waals surface area contributed by atoms with Crippen molar-refractivity contribution in [1.82, 2.24) is 4.90 Å². The molecule has 1 aliphatic carbocycles. The Labute approximate surface area is 164 Å². The van der Waals surface area contributed by atoms with Crippen LogP contribution in [0.3, 0.4) is 0 Å². The Morgan fingerprint density at radius 3 is 2.43 bits per heavy atom. The van der Waals surface area contributed by atoms with Gasteiger partial charge in [0.2, 0.25) is 11.9 Å². The Kier molecular flexibility index (Phi) is 4.36. The summed E-state index contributed by atoms with van der Waals surface area (Å²) in [6.07, 6.45) is 4.81. The zero-order valence-electron chi connectivity index (χ0n) is 16.3. The molecule has 3 aliphatic rings. The van der Waals surface area contributed by atoms with Crippen molar-refractivity contribution >= 4 is 29.4 Å². The van der Waals surface area contributed by atoms with Crippen LogP contribution in [0.2, 0.25) is 0 Å². The van der Waals surface area contributed by atoms with Gasteiger partial charge in [0, 0.05) is 12.2 Å². The average molecular weight is 382 g/mol. The minimum absolute atomic E-state index is 0.186. The zero-order valence-corrected chi connectivity index (χ0v) is 16.3. The average Bonchev–Trinajstić information content (AvgIpc) is 2.86. The van der Waals surface area contributed by atoms with Crippen LogP contribution in [0.1, 0.15) is 66.7 Å². The van der Waals surface area contributed by atoms with E-state index in [9.17, 15) is 9.59 Å². The van der Waals surface area contributed by atoms with Gasteiger partial charge in [-0.25, -0.2) is 4.99 Å². The van der Waals surface area contributed by atoms with Gasteiger partial charge < -0.3 is 11.5 Å². The number of hydrogen-bond acceptors (Lipinski definition) is 7. The number of guanidine groups is 2.